The topological polar surface area (TPSA) is 69.1 Å². The van der Waals surface area contributed by atoms with Gasteiger partial charge in [-0.1, -0.05) is 36.8 Å². The minimum atomic E-state index is -0.618. The molecule has 1 spiro atoms. The Kier molecular flexibility index (Phi) is 8.19. The van der Waals surface area contributed by atoms with E-state index in [4.69, 9.17) is 4.74 Å². The monoisotopic (exact) mass is 520 g/mol. The minimum absolute atomic E-state index is 0.0224. The van der Waals surface area contributed by atoms with Crippen molar-refractivity contribution in [1.82, 2.24) is 19.7 Å². The van der Waals surface area contributed by atoms with Crippen LogP contribution in [0.4, 0.5) is 0 Å². The zero-order valence-corrected chi connectivity index (χ0v) is 23.3. The van der Waals surface area contributed by atoms with Gasteiger partial charge in [0.25, 0.3) is 0 Å². The summed E-state index contributed by atoms with van der Waals surface area (Å²) in [7, 11) is 6.00. The molecule has 1 N–H and O–H groups in total. The van der Waals surface area contributed by atoms with Crippen molar-refractivity contribution in [3.05, 3.63) is 59.8 Å². The lowest BCUT2D eigenvalue weighted by Crippen LogP contribution is -2.57. The molecule has 1 unspecified atom stereocenters. The molecular weight excluding hydrogens is 476 g/mol. The molecule has 206 valence electrons. The average molecular weight is 521 g/mol. The number of ketones is 1. The molecule has 1 aromatic heterocycles. The lowest BCUT2D eigenvalue weighted by Gasteiger charge is -2.52. The molecule has 38 heavy (non-hydrogen) atoms. The van der Waals surface area contributed by atoms with Crippen LogP contribution in [-0.2, 0) is 16.8 Å². The molecule has 1 aliphatic heterocycles. The number of carbonyl (C=O) groups is 1. The summed E-state index contributed by atoms with van der Waals surface area (Å²) in [4.78, 5) is 24.0. The van der Waals surface area contributed by atoms with E-state index in [1.807, 2.05) is 12.1 Å². The number of aromatic nitrogens is 1. The highest BCUT2D eigenvalue weighted by Gasteiger charge is 2.54. The number of ether oxygens (including phenoxy) is 1. The quantitative estimate of drug-likeness (QED) is 0.507. The SMILES string of the molecule is COc1cc(CC(=O)CCN2CC3(CCC(c4ccccc4)(N(C)C)CC3)N(CC3CCC3)C2O)ccn1. The number of aliphatic hydroxyl groups is 1. The third-order valence-electron chi connectivity index (χ3n) is 9.65. The van der Waals surface area contributed by atoms with Crippen molar-refractivity contribution in [3.63, 3.8) is 0 Å². The van der Waals surface area contributed by atoms with Crippen LogP contribution >= 0.6 is 0 Å². The van der Waals surface area contributed by atoms with Crippen LogP contribution in [-0.4, -0.2) is 83.3 Å². The predicted octanol–water partition coefficient (Wildman–Crippen LogP) is 4.06. The summed E-state index contributed by atoms with van der Waals surface area (Å²) in [6.45, 7) is 2.38. The number of aliphatic hydroxyl groups excluding tert-OH is 1. The number of hydrogen-bond donors (Lipinski definition) is 1. The Hall–Kier alpha value is -2.32. The van der Waals surface area contributed by atoms with E-state index in [9.17, 15) is 9.90 Å². The molecule has 1 saturated heterocycles. The van der Waals surface area contributed by atoms with Gasteiger partial charge in [-0.25, -0.2) is 4.98 Å². The highest BCUT2D eigenvalue weighted by atomic mass is 16.5. The summed E-state index contributed by atoms with van der Waals surface area (Å²) >= 11 is 0. The van der Waals surface area contributed by atoms with Crippen molar-refractivity contribution in [1.29, 1.82) is 0 Å². The van der Waals surface area contributed by atoms with E-state index in [0.29, 0.717) is 31.2 Å². The lowest BCUT2D eigenvalue weighted by atomic mass is 9.68. The lowest BCUT2D eigenvalue weighted by molar-refractivity contribution is -0.121. The number of carbonyl (C=O) groups excluding carboxylic acids is 1. The fourth-order valence-corrected chi connectivity index (χ4v) is 7.00. The Bertz CT molecular complexity index is 1080. The highest BCUT2D eigenvalue weighted by Crippen LogP contribution is 2.50. The van der Waals surface area contributed by atoms with Crippen LogP contribution in [0.15, 0.2) is 48.7 Å². The molecule has 2 aliphatic carbocycles. The second-order valence-electron chi connectivity index (χ2n) is 12.0. The van der Waals surface area contributed by atoms with Gasteiger partial charge in [0, 0.05) is 55.8 Å². The normalized spacial score (nSPS) is 28.6. The van der Waals surface area contributed by atoms with E-state index in [1.54, 1.807) is 13.3 Å². The van der Waals surface area contributed by atoms with Gasteiger partial charge in [-0.05, 0) is 75.7 Å². The molecular formula is C31H44N4O3. The molecule has 2 heterocycles. The van der Waals surface area contributed by atoms with Crippen molar-refractivity contribution in [2.24, 2.45) is 5.92 Å². The summed E-state index contributed by atoms with van der Waals surface area (Å²) in [5.41, 5.74) is 2.29. The number of nitrogens with zero attached hydrogens (tertiary/aromatic N) is 4. The molecule has 0 radical (unpaired) electrons. The molecule has 0 amide bonds. The van der Waals surface area contributed by atoms with Gasteiger partial charge in [-0.15, -0.1) is 0 Å². The summed E-state index contributed by atoms with van der Waals surface area (Å²) in [6.07, 6.45) is 9.91. The Morgan fingerprint density at radius 1 is 1.13 bits per heavy atom. The van der Waals surface area contributed by atoms with E-state index in [-0.39, 0.29) is 16.9 Å². The Morgan fingerprint density at radius 2 is 1.87 bits per heavy atom. The fraction of sp³-hybridized carbons (Fsp3) is 0.613. The summed E-state index contributed by atoms with van der Waals surface area (Å²) < 4.78 is 5.20. The molecule has 0 bridgehead atoms. The zero-order valence-electron chi connectivity index (χ0n) is 23.3. The van der Waals surface area contributed by atoms with E-state index in [2.05, 4.69) is 64.1 Å². The largest absolute Gasteiger partial charge is 0.481 e. The van der Waals surface area contributed by atoms with Crippen molar-refractivity contribution in [2.45, 2.75) is 75.2 Å². The number of hydrogen-bond acceptors (Lipinski definition) is 7. The van der Waals surface area contributed by atoms with Crippen molar-refractivity contribution in [3.8, 4) is 5.88 Å². The van der Waals surface area contributed by atoms with E-state index in [1.165, 1.54) is 24.8 Å². The first-order chi connectivity index (χ1) is 18.3. The zero-order chi connectivity index (χ0) is 26.8. The first-order valence-electron chi connectivity index (χ1n) is 14.3. The first kappa shape index (κ1) is 27.3. The van der Waals surface area contributed by atoms with Crippen molar-refractivity contribution < 1.29 is 14.6 Å². The van der Waals surface area contributed by atoms with Crippen molar-refractivity contribution in [2.75, 3.05) is 40.8 Å². The van der Waals surface area contributed by atoms with Crippen LogP contribution in [0.3, 0.4) is 0 Å². The average Bonchev–Trinajstić information content (AvgIpc) is 3.16. The maximum Gasteiger partial charge on any atom is 0.213 e. The van der Waals surface area contributed by atoms with Gasteiger partial charge in [0.05, 0.1) is 7.11 Å². The predicted molar refractivity (Wildman–Crippen MR) is 149 cm³/mol. The molecule has 3 aliphatic rings. The van der Waals surface area contributed by atoms with Crippen LogP contribution in [0, 0.1) is 5.92 Å². The van der Waals surface area contributed by atoms with Gasteiger partial charge >= 0.3 is 0 Å². The molecule has 7 nitrogen and oxygen atoms in total. The number of Topliss-reactive ketones (excluding diaryl/α,β-unsaturated/α-hetero) is 1. The molecule has 3 fully saturated rings. The van der Waals surface area contributed by atoms with E-state index < -0.39 is 6.35 Å². The van der Waals surface area contributed by atoms with Crippen LogP contribution in [0.1, 0.15) is 62.5 Å². The van der Waals surface area contributed by atoms with Gasteiger partial charge in [0.1, 0.15) is 5.78 Å². The number of rotatable bonds is 10. The highest BCUT2D eigenvalue weighted by molar-refractivity contribution is 5.81. The summed E-state index contributed by atoms with van der Waals surface area (Å²) in [5.74, 6) is 1.39. The van der Waals surface area contributed by atoms with Crippen molar-refractivity contribution >= 4 is 5.78 Å². The number of pyridine rings is 1. The van der Waals surface area contributed by atoms with Crippen LogP contribution in [0.2, 0.25) is 0 Å². The minimum Gasteiger partial charge on any atom is -0.481 e. The van der Waals surface area contributed by atoms with E-state index >= 15 is 0 Å². The van der Waals surface area contributed by atoms with Crippen LogP contribution in [0.5, 0.6) is 5.88 Å². The smallest absolute Gasteiger partial charge is 0.213 e. The second-order valence-corrected chi connectivity index (χ2v) is 12.0. The maximum atomic E-state index is 12.9. The molecule has 2 aromatic rings. The van der Waals surface area contributed by atoms with Gasteiger partial charge < -0.3 is 9.84 Å². The van der Waals surface area contributed by atoms with Crippen LogP contribution < -0.4 is 4.74 Å². The molecule has 1 aromatic carbocycles. The molecule has 5 rings (SSSR count). The third-order valence-corrected chi connectivity index (χ3v) is 9.65. The molecule has 1 atom stereocenters. The van der Waals surface area contributed by atoms with Gasteiger partial charge in [-0.3, -0.25) is 19.5 Å². The Balaban J connectivity index is 1.28. The van der Waals surface area contributed by atoms with Gasteiger partial charge in [0.15, 0.2) is 6.35 Å². The number of methoxy groups -OCH3 is 1. The molecule has 2 saturated carbocycles. The number of benzene rings is 1. The molecule has 7 heteroatoms. The summed E-state index contributed by atoms with van der Waals surface area (Å²) in [5, 5.41) is 11.6. The third kappa shape index (κ3) is 5.39. The second kappa shape index (κ2) is 11.4. The first-order valence-corrected chi connectivity index (χ1v) is 14.3. The van der Waals surface area contributed by atoms with E-state index in [0.717, 1.165) is 44.3 Å². The fourth-order valence-electron chi connectivity index (χ4n) is 7.00. The van der Waals surface area contributed by atoms with Gasteiger partial charge in [-0.2, -0.15) is 0 Å². The Morgan fingerprint density at radius 3 is 2.50 bits per heavy atom. The maximum absolute atomic E-state index is 12.9. The van der Waals surface area contributed by atoms with Gasteiger partial charge in [0.2, 0.25) is 5.88 Å². The summed E-state index contributed by atoms with van der Waals surface area (Å²) in [6, 6.07) is 14.6. The standard InChI is InChI=1S/C31H44N4O3/c1-33(2)31(26-10-5-4-6-11-26)16-14-30(15-17-31)23-34(29(37)35(30)22-24-8-7-9-24)19-13-27(36)20-25-12-18-32-28(21-25)38-3/h4-6,10-12,18,21,24,29,37H,7-9,13-17,19-20,22-23H2,1-3H3. The van der Waals surface area contributed by atoms with Crippen LogP contribution in [0.25, 0.3) is 0 Å². The Labute approximate surface area is 227 Å².